The zero-order valence-electron chi connectivity index (χ0n) is 17.0. The Morgan fingerprint density at radius 1 is 1.23 bits per heavy atom. The average molecular weight is 453 g/mol. The number of hydrogen-bond donors (Lipinski definition) is 1. The number of amides is 1. The van der Waals surface area contributed by atoms with E-state index in [9.17, 15) is 9.59 Å². The summed E-state index contributed by atoms with van der Waals surface area (Å²) in [5.41, 5.74) is 2.92. The summed E-state index contributed by atoms with van der Waals surface area (Å²) in [6.07, 6.45) is 1.54. The molecule has 6 nitrogen and oxygen atoms in total. The van der Waals surface area contributed by atoms with Crippen LogP contribution < -0.4 is 5.32 Å². The van der Waals surface area contributed by atoms with E-state index >= 15 is 0 Å². The summed E-state index contributed by atoms with van der Waals surface area (Å²) in [7, 11) is 0. The maximum Gasteiger partial charge on any atom is 0.341 e. The lowest BCUT2D eigenvalue weighted by atomic mass is 10.1. The summed E-state index contributed by atoms with van der Waals surface area (Å²) in [6, 6.07) is 13.4. The van der Waals surface area contributed by atoms with Gasteiger partial charge in [-0.2, -0.15) is 0 Å². The van der Waals surface area contributed by atoms with E-state index in [1.165, 1.54) is 29.4 Å². The molecule has 0 fully saturated rings. The molecule has 8 heteroatoms. The Balaban J connectivity index is 1.50. The fraction of sp³-hybridized carbons (Fsp3) is 0.174. The van der Waals surface area contributed by atoms with E-state index in [1.807, 2.05) is 37.3 Å². The van der Waals surface area contributed by atoms with E-state index < -0.39 is 5.97 Å². The van der Waals surface area contributed by atoms with Crippen molar-refractivity contribution in [2.45, 2.75) is 18.9 Å². The standard InChI is InChI=1S/C23H20N2O4S2/c1-3-28-23(27)21-16(18-9-6-10-29-18)12-31-22(21)25-19(26)13-30-20-11-14(2)15-7-4-5-8-17(15)24-20/h4-12H,3,13H2,1-2H3,(H,25,26). The zero-order chi connectivity index (χ0) is 21.8. The van der Waals surface area contributed by atoms with Crippen LogP contribution in [-0.4, -0.2) is 29.2 Å². The molecule has 0 unspecified atom stereocenters. The molecule has 3 heterocycles. The number of nitrogens with zero attached hydrogens (tertiary/aromatic N) is 1. The fourth-order valence-corrected chi connectivity index (χ4v) is 4.89. The van der Waals surface area contributed by atoms with Crippen molar-refractivity contribution in [3.63, 3.8) is 0 Å². The molecule has 0 aliphatic heterocycles. The number of ether oxygens (including phenoxy) is 1. The van der Waals surface area contributed by atoms with Gasteiger partial charge in [0, 0.05) is 16.3 Å². The highest BCUT2D eigenvalue weighted by atomic mass is 32.2. The molecule has 0 bridgehead atoms. The second-order valence-electron chi connectivity index (χ2n) is 6.68. The lowest BCUT2D eigenvalue weighted by Gasteiger charge is -2.08. The van der Waals surface area contributed by atoms with Gasteiger partial charge in [-0.3, -0.25) is 4.79 Å². The van der Waals surface area contributed by atoms with Crippen molar-refractivity contribution in [1.29, 1.82) is 0 Å². The first kappa shape index (κ1) is 21.1. The molecule has 3 aromatic heterocycles. The molecule has 4 aromatic rings. The van der Waals surface area contributed by atoms with Gasteiger partial charge in [-0.05, 0) is 43.7 Å². The minimum absolute atomic E-state index is 0.168. The largest absolute Gasteiger partial charge is 0.464 e. The molecule has 1 aromatic carbocycles. The van der Waals surface area contributed by atoms with Crippen LogP contribution in [0.2, 0.25) is 0 Å². The number of para-hydroxylation sites is 1. The Bertz CT molecular complexity index is 1230. The second-order valence-corrected chi connectivity index (χ2v) is 8.56. The molecule has 1 N–H and O–H groups in total. The molecular formula is C23H20N2O4S2. The summed E-state index contributed by atoms with van der Waals surface area (Å²) < 4.78 is 10.6. The number of aromatic nitrogens is 1. The quantitative estimate of drug-likeness (QED) is 0.283. The number of esters is 1. The monoisotopic (exact) mass is 452 g/mol. The van der Waals surface area contributed by atoms with Gasteiger partial charge >= 0.3 is 5.97 Å². The van der Waals surface area contributed by atoms with Crippen molar-refractivity contribution in [3.05, 3.63) is 65.2 Å². The van der Waals surface area contributed by atoms with Gasteiger partial charge in [0.1, 0.15) is 16.3 Å². The Morgan fingerprint density at radius 3 is 2.84 bits per heavy atom. The van der Waals surface area contributed by atoms with E-state index in [-0.39, 0.29) is 18.3 Å². The fourth-order valence-electron chi connectivity index (χ4n) is 3.16. The van der Waals surface area contributed by atoms with Crippen LogP contribution in [0.1, 0.15) is 22.8 Å². The van der Waals surface area contributed by atoms with E-state index in [0.717, 1.165) is 21.5 Å². The number of pyridine rings is 1. The Hall–Kier alpha value is -3.10. The number of carbonyl (C=O) groups excluding carboxylic acids is 2. The van der Waals surface area contributed by atoms with E-state index in [2.05, 4.69) is 10.3 Å². The molecule has 4 rings (SSSR count). The molecule has 0 aliphatic rings. The molecule has 0 saturated heterocycles. The van der Waals surface area contributed by atoms with Crippen molar-refractivity contribution in [3.8, 4) is 11.3 Å². The first-order valence-electron chi connectivity index (χ1n) is 9.68. The van der Waals surface area contributed by atoms with E-state index in [4.69, 9.17) is 9.15 Å². The zero-order valence-corrected chi connectivity index (χ0v) is 18.6. The molecule has 158 valence electrons. The maximum absolute atomic E-state index is 12.6. The highest BCUT2D eigenvalue weighted by Crippen LogP contribution is 2.36. The van der Waals surface area contributed by atoms with Crippen LogP contribution in [0.4, 0.5) is 5.00 Å². The smallest absolute Gasteiger partial charge is 0.341 e. The number of thioether (sulfide) groups is 1. The first-order chi connectivity index (χ1) is 15.1. The Kier molecular flexibility index (Phi) is 6.39. The molecular weight excluding hydrogens is 432 g/mol. The van der Waals surface area contributed by atoms with Gasteiger partial charge in [-0.25, -0.2) is 9.78 Å². The summed E-state index contributed by atoms with van der Waals surface area (Å²) >= 11 is 2.62. The van der Waals surface area contributed by atoms with Gasteiger partial charge in [-0.1, -0.05) is 30.0 Å². The van der Waals surface area contributed by atoms with Crippen LogP contribution in [0.25, 0.3) is 22.2 Å². The molecule has 31 heavy (non-hydrogen) atoms. The van der Waals surface area contributed by atoms with Gasteiger partial charge in [0.2, 0.25) is 5.91 Å². The number of fused-ring (bicyclic) bond motifs is 1. The van der Waals surface area contributed by atoms with Crippen LogP contribution in [0, 0.1) is 6.92 Å². The third-order valence-corrected chi connectivity index (χ3v) is 6.37. The van der Waals surface area contributed by atoms with Crippen LogP contribution in [-0.2, 0) is 9.53 Å². The van der Waals surface area contributed by atoms with Crippen molar-refractivity contribution in [1.82, 2.24) is 4.98 Å². The van der Waals surface area contributed by atoms with Gasteiger partial charge < -0.3 is 14.5 Å². The SMILES string of the molecule is CCOC(=O)c1c(-c2ccco2)csc1NC(=O)CSc1cc(C)c2ccccc2n1. The predicted octanol–water partition coefficient (Wildman–Crippen LogP) is 5.77. The molecule has 0 aliphatic carbocycles. The molecule has 0 spiro atoms. The van der Waals surface area contributed by atoms with Crippen LogP contribution in [0.15, 0.2) is 63.6 Å². The van der Waals surface area contributed by atoms with Crippen molar-refractivity contribution >= 4 is 50.9 Å². The number of aryl methyl sites for hydroxylation is 1. The summed E-state index contributed by atoms with van der Waals surface area (Å²) in [5.74, 6) is -0.00736. The number of rotatable bonds is 7. The molecule has 0 atom stereocenters. The minimum Gasteiger partial charge on any atom is -0.464 e. The van der Waals surface area contributed by atoms with Crippen molar-refractivity contribution in [2.24, 2.45) is 0 Å². The van der Waals surface area contributed by atoms with Gasteiger partial charge in [0.05, 0.1) is 29.2 Å². The lowest BCUT2D eigenvalue weighted by molar-refractivity contribution is -0.113. The van der Waals surface area contributed by atoms with Crippen LogP contribution >= 0.6 is 23.1 Å². The average Bonchev–Trinajstić information content (AvgIpc) is 3.42. The van der Waals surface area contributed by atoms with E-state index in [0.29, 0.717) is 21.9 Å². The van der Waals surface area contributed by atoms with Crippen LogP contribution in [0.3, 0.4) is 0 Å². The number of furan rings is 1. The second kappa shape index (κ2) is 9.36. The third kappa shape index (κ3) is 4.65. The minimum atomic E-state index is -0.495. The van der Waals surface area contributed by atoms with Gasteiger partial charge in [-0.15, -0.1) is 11.3 Å². The number of nitrogens with one attached hydrogen (secondary N) is 1. The Labute approximate surface area is 187 Å². The predicted molar refractivity (Wildman–Crippen MR) is 124 cm³/mol. The topological polar surface area (TPSA) is 81.4 Å². The Morgan fingerprint density at radius 2 is 2.06 bits per heavy atom. The lowest BCUT2D eigenvalue weighted by Crippen LogP contribution is -2.16. The van der Waals surface area contributed by atoms with E-state index in [1.54, 1.807) is 24.4 Å². The number of thiophene rings is 1. The first-order valence-corrected chi connectivity index (χ1v) is 11.5. The highest BCUT2D eigenvalue weighted by molar-refractivity contribution is 7.99. The molecule has 0 radical (unpaired) electrons. The third-order valence-electron chi connectivity index (χ3n) is 4.56. The normalized spacial score (nSPS) is 10.9. The maximum atomic E-state index is 12.6. The summed E-state index contributed by atoms with van der Waals surface area (Å²) in [5, 5.41) is 6.94. The van der Waals surface area contributed by atoms with Gasteiger partial charge in [0.15, 0.2) is 0 Å². The number of hydrogen-bond acceptors (Lipinski definition) is 7. The number of benzene rings is 1. The molecule has 1 amide bonds. The van der Waals surface area contributed by atoms with Crippen molar-refractivity contribution < 1.29 is 18.7 Å². The highest BCUT2D eigenvalue weighted by Gasteiger charge is 2.24. The van der Waals surface area contributed by atoms with Crippen LogP contribution in [0.5, 0.6) is 0 Å². The number of anilines is 1. The van der Waals surface area contributed by atoms with Gasteiger partial charge in [0.25, 0.3) is 0 Å². The summed E-state index contributed by atoms with van der Waals surface area (Å²) in [4.78, 5) is 29.8. The number of carbonyl (C=O) groups is 2. The summed E-state index contributed by atoms with van der Waals surface area (Å²) in [6.45, 7) is 4.01. The van der Waals surface area contributed by atoms with Crippen molar-refractivity contribution in [2.75, 3.05) is 17.7 Å². The molecule has 0 saturated carbocycles.